The molecule has 4 rings (SSSR count). The first-order valence-electron chi connectivity index (χ1n) is 12.3. The van der Waals surface area contributed by atoms with Crippen LogP contribution in [-0.4, -0.2) is 28.0 Å². The van der Waals surface area contributed by atoms with Crippen LogP contribution in [0.4, 0.5) is 5.69 Å². The van der Waals surface area contributed by atoms with E-state index in [2.05, 4.69) is 5.32 Å². The van der Waals surface area contributed by atoms with Crippen LogP contribution < -0.4 is 14.4 Å². The molecular formula is C31H32N2O4S. The molecule has 0 saturated heterocycles. The Bertz CT molecular complexity index is 1500. The van der Waals surface area contributed by atoms with Gasteiger partial charge in [0.15, 0.2) is 0 Å². The zero-order valence-corrected chi connectivity index (χ0v) is 22.8. The first kappa shape index (κ1) is 26.9. The van der Waals surface area contributed by atoms with Crippen molar-refractivity contribution in [3.63, 3.8) is 0 Å². The fraction of sp³-hybridized carbons (Fsp3) is 0.194. The van der Waals surface area contributed by atoms with Crippen molar-refractivity contribution in [2.24, 2.45) is 0 Å². The van der Waals surface area contributed by atoms with Crippen molar-refractivity contribution in [2.45, 2.75) is 31.7 Å². The summed E-state index contributed by atoms with van der Waals surface area (Å²) >= 11 is 0. The number of nitrogens with one attached hydrogen (secondary N) is 1. The zero-order valence-electron chi connectivity index (χ0n) is 22.0. The van der Waals surface area contributed by atoms with Crippen molar-refractivity contribution in [2.75, 3.05) is 18.0 Å². The molecule has 0 saturated carbocycles. The van der Waals surface area contributed by atoms with E-state index in [0.717, 1.165) is 32.1 Å². The van der Waals surface area contributed by atoms with Gasteiger partial charge in [-0.15, -0.1) is 0 Å². The molecule has 6 nitrogen and oxygen atoms in total. The van der Waals surface area contributed by atoms with Crippen molar-refractivity contribution < 1.29 is 17.9 Å². The third kappa shape index (κ3) is 6.06. The van der Waals surface area contributed by atoms with Crippen LogP contribution in [-0.2, 0) is 14.8 Å². The lowest BCUT2D eigenvalue weighted by molar-refractivity contribution is -0.120. The van der Waals surface area contributed by atoms with E-state index < -0.39 is 28.5 Å². The first-order chi connectivity index (χ1) is 18.2. The lowest BCUT2D eigenvalue weighted by Crippen LogP contribution is -2.42. The Morgan fingerprint density at radius 2 is 1.34 bits per heavy atom. The molecule has 0 bridgehead atoms. The lowest BCUT2D eigenvalue weighted by atomic mass is 9.98. The van der Waals surface area contributed by atoms with Gasteiger partial charge in [0.05, 0.1) is 23.7 Å². The number of ether oxygens (including phenoxy) is 1. The van der Waals surface area contributed by atoms with Gasteiger partial charge in [-0.1, -0.05) is 83.9 Å². The topological polar surface area (TPSA) is 75.7 Å². The van der Waals surface area contributed by atoms with Crippen LogP contribution >= 0.6 is 0 Å². The predicted molar refractivity (Wildman–Crippen MR) is 151 cm³/mol. The summed E-state index contributed by atoms with van der Waals surface area (Å²) in [6.07, 6.45) is 0. The molecule has 7 heteroatoms. The maximum atomic E-state index is 13.9. The smallest absolute Gasteiger partial charge is 0.264 e. The van der Waals surface area contributed by atoms with E-state index >= 15 is 0 Å². The summed E-state index contributed by atoms with van der Waals surface area (Å²) in [5, 5.41) is 3.07. The molecule has 4 aromatic rings. The van der Waals surface area contributed by atoms with Crippen LogP contribution in [0.1, 0.15) is 33.9 Å². The Labute approximate surface area is 225 Å². The SMILES string of the molecule is COc1ccc(C)cc1N(CC(=O)N[C@H](c1ccccc1)c1ccc(C)cc1)S(=O)(=O)c1ccc(C)cc1. The van der Waals surface area contributed by atoms with Crippen LogP contribution in [0.2, 0.25) is 0 Å². The first-order valence-corrected chi connectivity index (χ1v) is 13.8. The van der Waals surface area contributed by atoms with Gasteiger partial charge < -0.3 is 10.1 Å². The van der Waals surface area contributed by atoms with Gasteiger partial charge in [-0.2, -0.15) is 0 Å². The molecule has 0 aliphatic heterocycles. The highest BCUT2D eigenvalue weighted by Gasteiger charge is 2.30. The van der Waals surface area contributed by atoms with E-state index in [1.54, 1.807) is 36.4 Å². The summed E-state index contributed by atoms with van der Waals surface area (Å²) in [5.74, 6) is -0.0871. The molecule has 0 fully saturated rings. The maximum absolute atomic E-state index is 13.9. The van der Waals surface area contributed by atoms with Gasteiger partial charge in [0.25, 0.3) is 10.0 Å². The second-order valence-corrected chi connectivity index (χ2v) is 11.2. The average molecular weight is 529 g/mol. The Morgan fingerprint density at radius 1 is 0.789 bits per heavy atom. The number of hydrogen-bond donors (Lipinski definition) is 1. The van der Waals surface area contributed by atoms with Gasteiger partial charge in [-0.05, 0) is 61.7 Å². The number of anilines is 1. The molecule has 0 spiro atoms. The zero-order chi connectivity index (χ0) is 27.3. The molecule has 0 aliphatic rings. The number of benzene rings is 4. The molecule has 38 heavy (non-hydrogen) atoms. The van der Waals surface area contributed by atoms with Gasteiger partial charge >= 0.3 is 0 Å². The van der Waals surface area contributed by atoms with Crippen molar-refractivity contribution in [1.29, 1.82) is 0 Å². The third-order valence-electron chi connectivity index (χ3n) is 6.35. The highest BCUT2D eigenvalue weighted by molar-refractivity contribution is 7.92. The minimum Gasteiger partial charge on any atom is -0.495 e. The Balaban J connectivity index is 1.74. The summed E-state index contributed by atoms with van der Waals surface area (Å²) in [7, 11) is -2.61. The predicted octanol–water partition coefficient (Wildman–Crippen LogP) is 5.72. The summed E-state index contributed by atoms with van der Waals surface area (Å²) in [6.45, 7) is 5.33. The molecule has 0 aliphatic carbocycles. The quantitative estimate of drug-likeness (QED) is 0.301. The van der Waals surface area contributed by atoms with Crippen LogP contribution in [0.25, 0.3) is 0 Å². The molecule has 0 radical (unpaired) electrons. The number of carbonyl (C=O) groups excluding carboxylic acids is 1. The maximum Gasteiger partial charge on any atom is 0.264 e. The average Bonchev–Trinajstić information content (AvgIpc) is 2.91. The number of nitrogens with zero attached hydrogens (tertiary/aromatic N) is 1. The second-order valence-electron chi connectivity index (χ2n) is 9.32. The number of methoxy groups -OCH3 is 1. The third-order valence-corrected chi connectivity index (χ3v) is 8.12. The highest BCUT2D eigenvalue weighted by Crippen LogP contribution is 2.33. The summed E-state index contributed by atoms with van der Waals surface area (Å²) in [4.78, 5) is 13.7. The van der Waals surface area contributed by atoms with Crippen LogP contribution in [0.5, 0.6) is 5.75 Å². The van der Waals surface area contributed by atoms with Gasteiger partial charge in [-0.3, -0.25) is 9.10 Å². The number of sulfonamides is 1. The minimum absolute atomic E-state index is 0.0950. The Kier molecular flexibility index (Phi) is 8.17. The Morgan fingerprint density at radius 3 is 1.95 bits per heavy atom. The lowest BCUT2D eigenvalue weighted by Gasteiger charge is -2.27. The van der Waals surface area contributed by atoms with Crippen molar-refractivity contribution in [3.05, 3.63) is 125 Å². The number of aryl methyl sites for hydroxylation is 3. The molecule has 1 amide bonds. The molecule has 0 aromatic heterocycles. The fourth-order valence-electron chi connectivity index (χ4n) is 4.23. The van der Waals surface area contributed by atoms with Gasteiger partial charge in [0.2, 0.25) is 5.91 Å². The van der Waals surface area contributed by atoms with Gasteiger partial charge in [-0.25, -0.2) is 8.42 Å². The number of amides is 1. The van der Waals surface area contributed by atoms with E-state index in [-0.39, 0.29) is 4.90 Å². The van der Waals surface area contributed by atoms with E-state index in [1.807, 2.05) is 81.4 Å². The number of hydrogen-bond acceptors (Lipinski definition) is 4. The van der Waals surface area contributed by atoms with E-state index in [1.165, 1.54) is 7.11 Å². The largest absolute Gasteiger partial charge is 0.495 e. The van der Waals surface area contributed by atoms with Crippen LogP contribution in [0.3, 0.4) is 0 Å². The van der Waals surface area contributed by atoms with Crippen molar-refractivity contribution >= 4 is 21.6 Å². The normalized spacial score (nSPS) is 12.0. The summed E-state index contributed by atoms with van der Waals surface area (Å²) in [5.41, 5.74) is 4.97. The summed E-state index contributed by atoms with van der Waals surface area (Å²) < 4.78 is 34.5. The van der Waals surface area contributed by atoms with E-state index in [4.69, 9.17) is 4.74 Å². The standard InChI is InChI=1S/C31H32N2O4S/c1-22-10-15-26(16-11-22)31(25-8-6-5-7-9-25)32-30(34)21-33(28-20-24(3)14-19-29(28)37-4)38(35,36)27-17-12-23(2)13-18-27/h5-20,31H,21H2,1-4H3,(H,32,34)/t31-/m1/s1. The van der Waals surface area contributed by atoms with Crippen LogP contribution in [0, 0.1) is 20.8 Å². The molecule has 1 N–H and O–H groups in total. The van der Waals surface area contributed by atoms with E-state index in [0.29, 0.717) is 11.4 Å². The monoisotopic (exact) mass is 528 g/mol. The number of carbonyl (C=O) groups is 1. The summed E-state index contributed by atoms with van der Waals surface area (Å²) in [6, 6.07) is 28.9. The molecule has 0 heterocycles. The molecule has 196 valence electrons. The number of rotatable bonds is 9. The molecular weight excluding hydrogens is 496 g/mol. The highest BCUT2D eigenvalue weighted by atomic mass is 32.2. The van der Waals surface area contributed by atoms with Crippen LogP contribution in [0.15, 0.2) is 102 Å². The molecule has 4 aromatic carbocycles. The minimum atomic E-state index is -4.09. The second kappa shape index (κ2) is 11.5. The van der Waals surface area contributed by atoms with Crippen molar-refractivity contribution in [1.82, 2.24) is 5.32 Å². The van der Waals surface area contributed by atoms with Crippen molar-refractivity contribution in [3.8, 4) is 5.75 Å². The molecule has 0 unspecified atom stereocenters. The van der Waals surface area contributed by atoms with Gasteiger partial charge in [0, 0.05) is 0 Å². The fourth-order valence-corrected chi connectivity index (χ4v) is 5.66. The van der Waals surface area contributed by atoms with E-state index in [9.17, 15) is 13.2 Å². The molecule has 1 atom stereocenters. The Hall–Kier alpha value is -4.10. The van der Waals surface area contributed by atoms with Gasteiger partial charge in [0.1, 0.15) is 12.3 Å².